The zero-order chi connectivity index (χ0) is 15.9. The molecule has 20 heavy (non-hydrogen) atoms. The predicted octanol–water partition coefficient (Wildman–Crippen LogP) is 3.67. The van der Waals surface area contributed by atoms with Gasteiger partial charge in [-0.2, -0.15) is 26.3 Å². The summed E-state index contributed by atoms with van der Waals surface area (Å²) in [6.45, 7) is 0. The van der Waals surface area contributed by atoms with Crippen molar-refractivity contribution in [2.45, 2.75) is 18.0 Å². The van der Waals surface area contributed by atoms with Crippen molar-refractivity contribution in [3.63, 3.8) is 0 Å². The molecule has 0 atom stereocenters. The number of alkyl halides is 6. The van der Waals surface area contributed by atoms with E-state index in [1.165, 1.54) is 0 Å². The number of nitrogens with zero attached hydrogens (tertiary/aromatic N) is 1. The first-order chi connectivity index (χ1) is 8.82. The van der Waals surface area contributed by atoms with E-state index < -0.39 is 38.6 Å². The molecule has 0 unspecified atom stereocenters. The van der Waals surface area contributed by atoms with Gasteiger partial charge in [0.25, 0.3) is 11.3 Å². The highest BCUT2D eigenvalue weighted by Crippen LogP contribution is 2.52. The molecule has 0 bridgehead atoms. The van der Waals surface area contributed by atoms with E-state index >= 15 is 0 Å². The molecule has 0 aliphatic carbocycles. The van der Waals surface area contributed by atoms with Crippen LogP contribution in [0.1, 0.15) is 5.56 Å². The molecule has 0 aliphatic heterocycles. The maximum Gasteiger partial charge on any atom is 0.430 e. The first-order valence-electron chi connectivity index (χ1n) is 4.62. The molecule has 0 aromatic heterocycles. The summed E-state index contributed by atoms with van der Waals surface area (Å²) in [6.07, 6.45) is -12.2. The van der Waals surface area contributed by atoms with Crippen LogP contribution in [0.15, 0.2) is 22.7 Å². The van der Waals surface area contributed by atoms with E-state index in [9.17, 15) is 36.5 Å². The monoisotopic (exact) mass is 367 g/mol. The standard InChI is InChI=1S/C9H4BrF6NO3/c10-6-2-1-4(17(19)20)3-5(6)7(18,8(11,12)13)9(14,15)16/h1-3,18H. The Hall–Kier alpha value is -1.36. The highest BCUT2D eigenvalue weighted by atomic mass is 79.9. The molecule has 0 spiro atoms. The van der Waals surface area contributed by atoms with Gasteiger partial charge < -0.3 is 5.11 Å². The number of benzene rings is 1. The van der Waals surface area contributed by atoms with E-state index in [4.69, 9.17) is 5.11 Å². The normalized spacial score (nSPS) is 13.4. The van der Waals surface area contributed by atoms with Crippen molar-refractivity contribution in [1.82, 2.24) is 0 Å². The Morgan fingerprint density at radius 3 is 1.90 bits per heavy atom. The van der Waals surface area contributed by atoms with E-state index in [1.54, 1.807) is 0 Å². The third kappa shape index (κ3) is 2.59. The smallest absolute Gasteiger partial charge is 0.369 e. The third-order valence-electron chi connectivity index (χ3n) is 2.37. The van der Waals surface area contributed by atoms with Gasteiger partial charge in [0.15, 0.2) is 0 Å². The molecule has 1 aromatic rings. The first-order valence-corrected chi connectivity index (χ1v) is 5.42. The fourth-order valence-corrected chi connectivity index (χ4v) is 1.90. The highest BCUT2D eigenvalue weighted by molar-refractivity contribution is 9.10. The van der Waals surface area contributed by atoms with E-state index in [1.807, 2.05) is 0 Å². The highest BCUT2D eigenvalue weighted by Gasteiger charge is 2.72. The van der Waals surface area contributed by atoms with Gasteiger partial charge in [0, 0.05) is 22.2 Å². The second kappa shape index (κ2) is 4.88. The van der Waals surface area contributed by atoms with Crippen LogP contribution in [-0.2, 0) is 5.60 Å². The van der Waals surface area contributed by atoms with Gasteiger partial charge in [-0.1, -0.05) is 15.9 Å². The summed E-state index contributed by atoms with van der Waals surface area (Å²) in [5.41, 5.74) is -7.94. The van der Waals surface area contributed by atoms with Gasteiger partial charge in [-0.15, -0.1) is 0 Å². The molecule has 0 amide bonds. The molecule has 0 fully saturated rings. The molecule has 0 aliphatic rings. The van der Waals surface area contributed by atoms with Crippen LogP contribution in [0, 0.1) is 10.1 Å². The van der Waals surface area contributed by atoms with Crippen molar-refractivity contribution in [1.29, 1.82) is 0 Å². The van der Waals surface area contributed by atoms with E-state index in [0.29, 0.717) is 12.1 Å². The first kappa shape index (κ1) is 16.7. The van der Waals surface area contributed by atoms with Gasteiger partial charge in [0.2, 0.25) is 0 Å². The Morgan fingerprint density at radius 1 is 1.10 bits per heavy atom. The summed E-state index contributed by atoms with van der Waals surface area (Å²) in [5, 5.41) is 19.6. The van der Waals surface area contributed by atoms with E-state index in [2.05, 4.69) is 15.9 Å². The van der Waals surface area contributed by atoms with E-state index in [-0.39, 0.29) is 6.07 Å². The summed E-state index contributed by atoms with van der Waals surface area (Å²) in [7, 11) is 0. The molecular formula is C9H4BrF6NO3. The van der Waals surface area contributed by atoms with Crippen LogP contribution in [0.25, 0.3) is 0 Å². The average molecular weight is 368 g/mol. The zero-order valence-electron chi connectivity index (χ0n) is 9.09. The number of nitro groups is 1. The minimum atomic E-state index is -6.11. The quantitative estimate of drug-likeness (QED) is 0.492. The van der Waals surface area contributed by atoms with Crippen LogP contribution in [0.2, 0.25) is 0 Å². The van der Waals surface area contributed by atoms with Crippen LogP contribution < -0.4 is 0 Å². The van der Waals surface area contributed by atoms with Gasteiger partial charge in [-0.25, -0.2) is 0 Å². The number of nitro benzene ring substituents is 1. The lowest BCUT2D eigenvalue weighted by Gasteiger charge is -2.33. The number of aliphatic hydroxyl groups is 1. The SMILES string of the molecule is O=[N+]([O-])c1ccc(Br)c(C(O)(C(F)(F)F)C(F)(F)F)c1. The average Bonchev–Trinajstić information content (AvgIpc) is 2.25. The van der Waals surface area contributed by atoms with Gasteiger partial charge >= 0.3 is 12.4 Å². The Bertz CT molecular complexity index is 527. The van der Waals surface area contributed by atoms with Crippen LogP contribution in [0.5, 0.6) is 0 Å². The summed E-state index contributed by atoms with van der Waals surface area (Å²) in [4.78, 5) is 9.26. The Kier molecular flexibility index (Phi) is 4.07. The van der Waals surface area contributed by atoms with Crippen LogP contribution >= 0.6 is 15.9 Å². The molecule has 0 saturated carbocycles. The summed E-state index contributed by atoms with van der Waals surface area (Å²) < 4.78 is 75.1. The fraction of sp³-hybridized carbons (Fsp3) is 0.333. The lowest BCUT2D eigenvalue weighted by atomic mass is 9.92. The summed E-state index contributed by atoms with van der Waals surface area (Å²) in [5.74, 6) is 0. The molecule has 1 rings (SSSR count). The van der Waals surface area contributed by atoms with Crippen molar-refractivity contribution in [3.05, 3.63) is 38.3 Å². The van der Waals surface area contributed by atoms with Crippen LogP contribution in [-0.4, -0.2) is 22.4 Å². The summed E-state index contributed by atoms with van der Waals surface area (Å²) >= 11 is 2.42. The Balaban J connectivity index is 3.67. The molecule has 0 radical (unpaired) electrons. The van der Waals surface area contributed by atoms with Crippen molar-refractivity contribution < 1.29 is 36.4 Å². The maximum atomic E-state index is 12.6. The fourth-order valence-electron chi connectivity index (χ4n) is 1.37. The number of non-ortho nitro benzene ring substituents is 1. The number of halogens is 7. The molecule has 0 saturated heterocycles. The topological polar surface area (TPSA) is 63.4 Å². The molecule has 112 valence electrons. The Labute approximate surface area is 115 Å². The number of hydrogen-bond donors (Lipinski definition) is 1. The second-order valence-electron chi connectivity index (χ2n) is 3.63. The van der Waals surface area contributed by atoms with Crippen molar-refractivity contribution >= 4 is 21.6 Å². The zero-order valence-corrected chi connectivity index (χ0v) is 10.7. The van der Waals surface area contributed by atoms with E-state index in [0.717, 1.165) is 0 Å². The van der Waals surface area contributed by atoms with Crippen molar-refractivity contribution in [2.24, 2.45) is 0 Å². The summed E-state index contributed by atoms with van der Waals surface area (Å²) in [6, 6.07) is 1.34. The second-order valence-corrected chi connectivity index (χ2v) is 4.48. The van der Waals surface area contributed by atoms with Gasteiger partial charge in [-0.3, -0.25) is 10.1 Å². The molecule has 1 N–H and O–H groups in total. The lowest BCUT2D eigenvalue weighted by molar-refractivity contribution is -0.387. The maximum absolute atomic E-state index is 12.6. The van der Waals surface area contributed by atoms with Gasteiger partial charge in [-0.05, 0) is 6.07 Å². The van der Waals surface area contributed by atoms with Crippen molar-refractivity contribution in [2.75, 3.05) is 0 Å². The van der Waals surface area contributed by atoms with Crippen LogP contribution in [0.4, 0.5) is 32.0 Å². The number of hydrogen-bond acceptors (Lipinski definition) is 3. The van der Waals surface area contributed by atoms with Gasteiger partial charge in [0.1, 0.15) is 0 Å². The number of rotatable bonds is 2. The molecular weight excluding hydrogens is 364 g/mol. The minimum Gasteiger partial charge on any atom is -0.369 e. The largest absolute Gasteiger partial charge is 0.430 e. The predicted molar refractivity (Wildman–Crippen MR) is 56.8 cm³/mol. The molecule has 11 heteroatoms. The third-order valence-corrected chi connectivity index (χ3v) is 3.06. The molecule has 0 heterocycles. The van der Waals surface area contributed by atoms with Gasteiger partial charge in [0.05, 0.1) is 4.92 Å². The molecule has 4 nitrogen and oxygen atoms in total. The van der Waals surface area contributed by atoms with Crippen molar-refractivity contribution in [3.8, 4) is 0 Å². The molecule has 1 aromatic carbocycles. The van der Waals surface area contributed by atoms with Crippen LogP contribution in [0.3, 0.4) is 0 Å². The minimum absolute atomic E-state index is 0.0189. The lowest BCUT2D eigenvalue weighted by Crippen LogP contribution is -2.54. The Morgan fingerprint density at radius 2 is 1.55 bits per heavy atom.